The summed E-state index contributed by atoms with van der Waals surface area (Å²) in [6.07, 6.45) is 2.28. The summed E-state index contributed by atoms with van der Waals surface area (Å²) in [6.45, 7) is 19.6. The van der Waals surface area contributed by atoms with Crippen LogP contribution in [0, 0.1) is 0 Å². The maximum absolute atomic E-state index is 13.5. The molecule has 1 amide bonds. The lowest BCUT2D eigenvalue weighted by Gasteiger charge is -2.31. The smallest absolute Gasteiger partial charge is 0.354 e. The average molecular weight is 729 g/mol. The number of carbonyl (C=O) groups is 1. The predicted molar refractivity (Wildman–Crippen MR) is 213 cm³/mol. The number of rotatable bonds is 9. The van der Waals surface area contributed by atoms with Gasteiger partial charge in [0, 0.05) is 79.8 Å². The van der Waals surface area contributed by atoms with Gasteiger partial charge >= 0.3 is 5.69 Å². The van der Waals surface area contributed by atoms with Gasteiger partial charge < -0.3 is 36.9 Å². The fourth-order valence-electron chi connectivity index (χ4n) is 6.36. The summed E-state index contributed by atoms with van der Waals surface area (Å²) in [4.78, 5) is 40.7. The maximum atomic E-state index is 13.5. The predicted octanol–water partition coefficient (Wildman–Crippen LogP) is 4.34. The number of carbonyl (C=O) groups excluding carboxylic acids is 1. The van der Waals surface area contributed by atoms with Crippen LogP contribution in [0.5, 0.6) is 0 Å². The van der Waals surface area contributed by atoms with Crippen LogP contribution in [0.3, 0.4) is 0 Å². The number of nitrogens with two attached hydrogens (primary N) is 2. The van der Waals surface area contributed by atoms with Gasteiger partial charge in [-0.25, -0.2) is 9.18 Å². The molecule has 12 nitrogen and oxygen atoms in total. The number of anilines is 1. The van der Waals surface area contributed by atoms with Gasteiger partial charge in [-0.2, -0.15) is 4.98 Å². The van der Waals surface area contributed by atoms with Crippen molar-refractivity contribution in [3.05, 3.63) is 87.6 Å². The standard InChI is InChI=1S/C21H29N7O.C19H28FN3O/c1-21(2,3)17-11-15-13-28(20(29)27-18(15)26-17)16-7-5-14(6-8-16)12-24-9-4-10-25-19(22)23;1-19(2,3)15-10-14(18(24)23-7-4-16(20)13-23)11-17(12-15)22-8-5-21-6-9-22/h5-8,11,13,24H,4,9-10,12H2,1-3H3,(H4,22,23,25)(H,26,27,29);10-12,16,21H,4-9,13H2,1-3H3/t;16-/m.0/s1. The molecule has 0 radical (unpaired) electrons. The molecule has 0 saturated carbocycles. The highest BCUT2D eigenvalue weighted by molar-refractivity contribution is 5.95. The number of hydrogen-bond acceptors (Lipinski definition) is 7. The Hall–Kier alpha value is -4.75. The number of benzene rings is 2. The van der Waals surface area contributed by atoms with E-state index in [0.29, 0.717) is 30.7 Å². The number of alkyl halides is 1. The number of nitrogens with one attached hydrogen (secondary N) is 3. The third-order valence-electron chi connectivity index (χ3n) is 9.60. The number of guanidine groups is 1. The molecule has 0 spiro atoms. The monoisotopic (exact) mass is 728 g/mol. The van der Waals surface area contributed by atoms with Crippen molar-refractivity contribution in [1.29, 1.82) is 0 Å². The lowest BCUT2D eigenvalue weighted by Crippen LogP contribution is -2.43. The van der Waals surface area contributed by atoms with Crippen molar-refractivity contribution in [3.8, 4) is 5.69 Å². The molecule has 2 aromatic heterocycles. The Morgan fingerprint density at radius 2 is 1.70 bits per heavy atom. The van der Waals surface area contributed by atoms with Crippen molar-refractivity contribution >= 4 is 28.6 Å². The molecule has 2 aliphatic rings. The van der Waals surface area contributed by atoms with Crippen LogP contribution < -0.4 is 32.7 Å². The number of fused-ring (bicyclic) bond motifs is 1. The molecule has 2 aromatic carbocycles. The molecule has 0 bridgehead atoms. The van der Waals surface area contributed by atoms with E-state index in [0.717, 1.165) is 79.3 Å². The molecule has 2 fully saturated rings. The number of aromatic amines is 1. The number of likely N-dealkylation sites (tertiary alicyclic amines) is 1. The second-order valence-electron chi connectivity index (χ2n) is 16.0. The van der Waals surface area contributed by atoms with E-state index in [-0.39, 0.29) is 34.9 Å². The number of amides is 1. The first kappa shape index (κ1) is 39.5. The molecule has 6 rings (SSSR count). The Balaban J connectivity index is 0.000000208. The summed E-state index contributed by atoms with van der Waals surface area (Å²) in [7, 11) is 0. The summed E-state index contributed by atoms with van der Waals surface area (Å²) in [5.41, 5.74) is 16.8. The maximum Gasteiger partial charge on any atom is 0.354 e. The van der Waals surface area contributed by atoms with Gasteiger partial charge in [0.15, 0.2) is 5.96 Å². The van der Waals surface area contributed by atoms with Gasteiger partial charge in [-0.15, -0.1) is 0 Å². The molecule has 2 saturated heterocycles. The first-order valence-electron chi connectivity index (χ1n) is 18.6. The number of halogens is 1. The molecule has 0 aliphatic carbocycles. The second-order valence-corrected chi connectivity index (χ2v) is 16.0. The molecule has 0 unspecified atom stereocenters. The number of aliphatic imine (C=N–C) groups is 1. The van der Waals surface area contributed by atoms with Crippen LogP contribution in [-0.4, -0.2) is 89.8 Å². The third-order valence-corrected chi connectivity index (χ3v) is 9.60. The minimum Gasteiger partial charge on any atom is -0.370 e. The van der Waals surface area contributed by atoms with E-state index in [1.807, 2.05) is 42.6 Å². The Morgan fingerprint density at radius 1 is 0.981 bits per heavy atom. The van der Waals surface area contributed by atoms with Crippen LogP contribution in [0.15, 0.2) is 64.5 Å². The number of hydrogen-bond donors (Lipinski definition) is 5. The first-order valence-corrected chi connectivity index (χ1v) is 18.6. The van der Waals surface area contributed by atoms with E-state index < -0.39 is 6.17 Å². The topological polar surface area (TPSA) is 163 Å². The molecule has 7 N–H and O–H groups in total. The lowest BCUT2D eigenvalue weighted by atomic mass is 9.85. The minimum absolute atomic E-state index is 0.0350. The van der Waals surface area contributed by atoms with E-state index in [9.17, 15) is 14.0 Å². The molecule has 13 heteroatoms. The highest BCUT2D eigenvalue weighted by Gasteiger charge is 2.28. The van der Waals surface area contributed by atoms with Crippen LogP contribution in [0.1, 0.15) is 81.6 Å². The van der Waals surface area contributed by atoms with Gasteiger partial charge in [-0.05, 0) is 72.3 Å². The van der Waals surface area contributed by atoms with Crippen molar-refractivity contribution in [2.45, 2.75) is 77.9 Å². The SMILES string of the molecule is CC(C)(C)c1cc(C(=O)N2CC[C@H](F)C2)cc(N2CCNCC2)c1.CC(C)(C)c1cc2cn(-c3ccc(CNCCCN=C(N)N)cc3)c(=O)nc2[nH]1. The highest BCUT2D eigenvalue weighted by atomic mass is 19.1. The molecule has 286 valence electrons. The number of aromatic nitrogens is 3. The number of piperazine rings is 1. The van der Waals surface area contributed by atoms with Gasteiger partial charge in [-0.1, -0.05) is 53.7 Å². The van der Waals surface area contributed by atoms with E-state index in [1.54, 1.807) is 9.47 Å². The minimum atomic E-state index is -0.882. The van der Waals surface area contributed by atoms with Crippen molar-refractivity contribution in [1.82, 2.24) is 30.1 Å². The second kappa shape index (κ2) is 16.9. The van der Waals surface area contributed by atoms with E-state index in [1.165, 1.54) is 0 Å². The van der Waals surface area contributed by atoms with Crippen LogP contribution in [-0.2, 0) is 17.4 Å². The zero-order valence-electron chi connectivity index (χ0n) is 32.1. The van der Waals surface area contributed by atoms with E-state index in [4.69, 9.17) is 11.5 Å². The normalized spacial score (nSPS) is 16.4. The summed E-state index contributed by atoms with van der Waals surface area (Å²) >= 11 is 0. The molecule has 2 aliphatic heterocycles. The molecular weight excluding hydrogens is 672 g/mol. The fourth-order valence-corrected chi connectivity index (χ4v) is 6.36. The molecule has 53 heavy (non-hydrogen) atoms. The van der Waals surface area contributed by atoms with Crippen LogP contribution in [0.25, 0.3) is 16.7 Å². The van der Waals surface area contributed by atoms with Crippen LogP contribution in [0.2, 0.25) is 0 Å². The van der Waals surface area contributed by atoms with Crippen molar-refractivity contribution in [3.63, 3.8) is 0 Å². The molecule has 4 aromatic rings. The van der Waals surface area contributed by atoms with Crippen LogP contribution >= 0.6 is 0 Å². The summed E-state index contributed by atoms with van der Waals surface area (Å²) < 4.78 is 15.1. The largest absolute Gasteiger partial charge is 0.370 e. The molecule has 4 heterocycles. The van der Waals surface area contributed by atoms with Gasteiger partial charge in [0.05, 0.1) is 12.2 Å². The van der Waals surface area contributed by atoms with Gasteiger partial charge in [-0.3, -0.25) is 14.4 Å². The zero-order valence-corrected chi connectivity index (χ0v) is 32.1. The first-order chi connectivity index (χ1) is 25.1. The number of H-pyrrole nitrogens is 1. The summed E-state index contributed by atoms with van der Waals surface area (Å²) in [6, 6.07) is 16.1. The summed E-state index contributed by atoms with van der Waals surface area (Å²) in [5.74, 6) is 0.0791. The Bertz CT molecular complexity index is 1930. The van der Waals surface area contributed by atoms with Gasteiger partial charge in [0.2, 0.25) is 0 Å². The summed E-state index contributed by atoms with van der Waals surface area (Å²) in [5, 5.41) is 7.63. The lowest BCUT2D eigenvalue weighted by molar-refractivity contribution is 0.0782. The quantitative estimate of drug-likeness (QED) is 0.0966. The number of nitrogens with zero attached hydrogens (tertiary/aromatic N) is 5. The van der Waals surface area contributed by atoms with Crippen molar-refractivity contribution in [2.24, 2.45) is 16.5 Å². The fraction of sp³-hybridized carbons (Fsp3) is 0.500. The highest BCUT2D eigenvalue weighted by Crippen LogP contribution is 2.30. The third kappa shape index (κ3) is 10.7. The Labute approximate surface area is 312 Å². The van der Waals surface area contributed by atoms with E-state index in [2.05, 4.69) is 84.2 Å². The Morgan fingerprint density at radius 3 is 2.32 bits per heavy atom. The van der Waals surface area contributed by atoms with E-state index >= 15 is 0 Å². The van der Waals surface area contributed by atoms with Crippen molar-refractivity contribution in [2.75, 3.05) is 57.3 Å². The van der Waals surface area contributed by atoms with Crippen LogP contribution in [0.4, 0.5) is 10.1 Å². The molecular formula is C40H57FN10O2. The van der Waals surface area contributed by atoms with Gasteiger partial charge in [0.25, 0.3) is 5.91 Å². The zero-order chi connectivity index (χ0) is 38.3. The Kier molecular flexibility index (Phi) is 12.6. The van der Waals surface area contributed by atoms with Crippen molar-refractivity contribution < 1.29 is 9.18 Å². The van der Waals surface area contributed by atoms with Gasteiger partial charge in [0.1, 0.15) is 11.8 Å². The average Bonchev–Trinajstić information content (AvgIpc) is 3.75. The molecule has 1 atom stereocenters.